The number of ether oxygens (including phenoxy) is 1. The highest BCUT2D eigenvalue weighted by molar-refractivity contribution is 7.07. The maximum Gasteiger partial charge on any atom is 0.255 e. The molecule has 0 saturated carbocycles. The molecular formula is C22H20N2O2S. The molecular weight excluding hydrogens is 356 g/mol. The summed E-state index contributed by atoms with van der Waals surface area (Å²) in [5, 5.41) is 1.94. The van der Waals surface area contributed by atoms with Gasteiger partial charge in [0.15, 0.2) is 0 Å². The predicted octanol–water partition coefficient (Wildman–Crippen LogP) is 4.31. The molecule has 0 aliphatic carbocycles. The number of amides is 1. The van der Waals surface area contributed by atoms with E-state index in [1.807, 2.05) is 48.7 Å². The van der Waals surface area contributed by atoms with Crippen LogP contribution < -0.4 is 4.74 Å². The largest absolute Gasteiger partial charge is 0.487 e. The van der Waals surface area contributed by atoms with Crippen LogP contribution >= 0.6 is 11.3 Å². The Morgan fingerprint density at radius 1 is 1.26 bits per heavy atom. The minimum Gasteiger partial charge on any atom is -0.487 e. The summed E-state index contributed by atoms with van der Waals surface area (Å²) < 4.78 is 5.75. The number of benzene rings is 2. The van der Waals surface area contributed by atoms with Crippen LogP contribution in [0.1, 0.15) is 27.2 Å². The molecule has 3 rings (SSSR count). The van der Waals surface area contributed by atoms with Gasteiger partial charge in [-0.25, -0.2) is 4.98 Å². The van der Waals surface area contributed by atoms with Crippen molar-refractivity contribution in [3.63, 3.8) is 0 Å². The molecule has 3 aromatic rings. The van der Waals surface area contributed by atoms with Crippen LogP contribution in [-0.2, 0) is 13.2 Å². The third-order valence-electron chi connectivity index (χ3n) is 4.01. The second kappa shape index (κ2) is 9.02. The first-order chi connectivity index (χ1) is 13.2. The highest BCUT2D eigenvalue weighted by Crippen LogP contribution is 2.18. The van der Waals surface area contributed by atoms with E-state index in [1.54, 1.807) is 22.5 Å². The van der Waals surface area contributed by atoms with E-state index < -0.39 is 0 Å². The Kier molecular flexibility index (Phi) is 6.24. The van der Waals surface area contributed by atoms with E-state index in [1.165, 1.54) is 16.9 Å². The third-order valence-corrected chi connectivity index (χ3v) is 4.65. The first-order valence-electron chi connectivity index (χ1n) is 8.54. The van der Waals surface area contributed by atoms with Gasteiger partial charge < -0.3 is 9.64 Å². The predicted molar refractivity (Wildman–Crippen MR) is 108 cm³/mol. The standard InChI is InChI=1S/C22H20N2O2S/c1-3-11-24(13-18-9-7-17(2)8-10-18)22(25)19-5-4-6-21(12-19)26-14-20-15-27-16-23-20/h1,4-10,12,15-16H,11,13-14H2,2H3. The van der Waals surface area contributed by atoms with Gasteiger partial charge in [-0.3, -0.25) is 4.79 Å². The Balaban J connectivity index is 1.72. The first-order valence-corrected chi connectivity index (χ1v) is 9.48. The van der Waals surface area contributed by atoms with Crippen molar-refractivity contribution in [1.82, 2.24) is 9.88 Å². The molecule has 0 aliphatic heterocycles. The SMILES string of the molecule is C#CCN(Cc1ccc(C)cc1)C(=O)c1cccc(OCc2cscn2)c1. The summed E-state index contributed by atoms with van der Waals surface area (Å²) >= 11 is 1.52. The number of carbonyl (C=O) groups is 1. The lowest BCUT2D eigenvalue weighted by Crippen LogP contribution is -2.31. The number of nitrogens with zero attached hydrogens (tertiary/aromatic N) is 2. The summed E-state index contributed by atoms with van der Waals surface area (Å²) in [6.07, 6.45) is 5.48. The summed E-state index contributed by atoms with van der Waals surface area (Å²) in [6.45, 7) is 3.12. The van der Waals surface area contributed by atoms with Crippen LogP contribution in [0.25, 0.3) is 0 Å². The maximum absolute atomic E-state index is 13.0. The van der Waals surface area contributed by atoms with E-state index in [4.69, 9.17) is 11.2 Å². The van der Waals surface area contributed by atoms with Crippen molar-refractivity contribution in [3.8, 4) is 18.1 Å². The van der Waals surface area contributed by atoms with E-state index in [9.17, 15) is 4.79 Å². The average Bonchev–Trinajstić information content (AvgIpc) is 3.21. The van der Waals surface area contributed by atoms with Crippen molar-refractivity contribution in [1.29, 1.82) is 0 Å². The number of thiazole rings is 1. The van der Waals surface area contributed by atoms with Gasteiger partial charge in [0.25, 0.3) is 5.91 Å². The van der Waals surface area contributed by atoms with Crippen molar-refractivity contribution >= 4 is 17.2 Å². The lowest BCUT2D eigenvalue weighted by Gasteiger charge is -2.21. The number of hydrogen-bond donors (Lipinski definition) is 0. The monoisotopic (exact) mass is 376 g/mol. The third kappa shape index (κ3) is 5.19. The molecule has 0 bridgehead atoms. The molecule has 1 amide bonds. The maximum atomic E-state index is 13.0. The smallest absolute Gasteiger partial charge is 0.255 e. The molecule has 0 N–H and O–H groups in total. The molecule has 2 aromatic carbocycles. The minimum absolute atomic E-state index is 0.118. The zero-order valence-electron chi connectivity index (χ0n) is 15.1. The van der Waals surface area contributed by atoms with Crippen LogP contribution in [0, 0.1) is 19.3 Å². The van der Waals surface area contributed by atoms with Gasteiger partial charge in [-0.2, -0.15) is 0 Å². The van der Waals surface area contributed by atoms with Gasteiger partial charge in [-0.15, -0.1) is 17.8 Å². The second-order valence-corrected chi connectivity index (χ2v) is 6.87. The highest BCUT2D eigenvalue weighted by atomic mass is 32.1. The first kappa shape index (κ1) is 18.7. The fourth-order valence-corrected chi connectivity index (χ4v) is 3.13. The molecule has 0 spiro atoms. The van der Waals surface area contributed by atoms with E-state index in [2.05, 4.69) is 10.9 Å². The lowest BCUT2D eigenvalue weighted by molar-refractivity contribution is 0.0765. The normalized spacial score (nSPS) is 10.2. The van der Waals surface area contributed by atoms with Gasteiger partial charge in [0.05, 0.1) is 17.7 Å². The Morgan fingerprint density at radius 2 is 2.07 bits per heavy atom. The van der Waals surface area contributed by atoms with E-state index >= 15 is 0 Å². The molecule has 27 heavy (non-hydrogen) atoms. The van der Waals surface area contributed by atoms with Gasteiger partial charge in [0, 0.05) is 17.5 Å². The zero-order chi connectivity index (χ0) is 19.1. The van der Waals surface area contributed by atoms with Gasteiger partial charge in [-0.1, -0.05) is 41.8 Å². The van der Waals surface area contributed by atoms with Crippen LogP contribution in [0.4, 0.5) is 0 Å². The molecule has 4 nitrogen and oxygen atoms in total. The summed E-state index contributed by atoms with van der Waals surface area (Å²) in [5.74, 6) is 3.09. The Hall–Kier alpha value is -3.10. The number of aryl methyl sites for hydroxylation is 1. The van der Waals surface area contributed by atoms with Crippen molar-refractivity contribution in [2.45, 2.75) is 20.1 Å². The number of hydrogen-bond acceptors (Lipinski definition) is 4. The molecule has 0 aliphatic rings. The van der Waals surface area contributed by atoms with Crippen LogP contribution in [0.5, 0.6) is 5.75 Å². The quantitative estimate of drug-likeness (QED) is 0.577. The Bertz CT molecular complexity index is 928. The lowest BCUT2D eigenvalue weighted by atomic mass is 10.1. The van der Waals surface area contributed by atoms with Crippen molar-refractivity contribution in [3.05, 3.63) is 81.8 Å². The van der Waals surface area contributed by atoms with Crippen LogP contribution in [0.15, 0.2) is 59.4 Å². The molecule has 1 heterocycles. The molecule has 0 atom stereocenters. The average molecular weight is 376 g/mol. The van der Waals surface area contributed by atoms with Crippen LogP contribution in [0.2, 0.25) is 0 Å². The number of aromatic nitrogens is 1. The summed E-state index contributed by atoms with van der Waals surface area (Å²) in [4.78, 5) is 18.8. The van der Waals surface area contributed by atoms with E-state index in [-0.39, 0.29) is 12.5 Å². The van der Waals surface area contributed by atoms with Crippen molar-refractivity contribution in [2.75, 3.05) is 6.54 Å². The van der Waals surface area contributed by atoms with Gasteiger partial charge in [-0.05, 0) is 30.7 Å². The molecule has 0 unspecified atom stereocenters. The Morgan fingerprint density at radius 3 is 2.78 bits per heavy atom. The van der Waals surface area contributed by atoms with Crippen molar-refractivity contribution in [2.24, 2.45) is 0 Å². The molecule has 0 fully saturated rings. The van der Waals surface area contributed by atoms with E-state index in [0.29, 0.717) is 24.5 Å². The van der Waals surface area contributed by atoms with Gasteiger partial charge in [0.2, 0.25) is 0 Å². The van der Waals surface area contributed by atoms with E-state index in [0.717, 1.165) is 11.3 Å². The summed E-state index contributed by atoms with van der Waals surface area (Å²) in [5.41, 5.74) is 5.40. The highest BCUT2D eigenvalue weighted by Gasteiger charge is 2.16. The zero-order valence-corrected chi connectivity index (χ0v) is 15.9. The fraction of sp³-hybridized carbons (Fsp3) is 0.182. The number of carbonyl (C=O) groups excluding carboxylic acids is 1. The molecule has 0 radical (unpaired) electrons. The van der Waals surface area contributed by atoms with Gasteiger partial charge in [0.1, 0.15) is 12.4 Å². The summed E-state index contributed by atoms with van der Waals surface area (Å²) in [7, 11) is 0. The summed E-state index contributed by atoms with van der Waals surface area (Å²) in [6, 6.07) is 15.2. The fourth-order valence-electron chi connectivity index (χ4n) is 2.59. The molecule has 136 valence electrons. The van der Waals surface area contributed by atoms with Crippen molar-refractivity contribution < 1.29 is 9.53 Å². The number of terminal acetylenes is 1. The molecule has 0 saturated heterocycles. The number of rotatable bonds is 7. The Labute approximate surface area is 163 Å². The van der Waals surface area contributed by atoms with Crippen LogP contribution in [0.3, 0.4) is 0 Å². The molecule has 5 heteroatoms. The molecule has 1 aromatic heterocycles. The minimum atomic E-state index is -0.118. The topological polar surface area (TPSA) is 42.4 Å². The van der Waals surface area contributed by atoms with Crippen LogP contribution in [-0.4, -0.2) is 22.3 Å². The van der Waals surface area contributed by atoms with Gasteiger partial charge >= 0.3 is 0 Å². The second-order valence-electron chi connectivity index (χ2n) is 6.15.